The van der Waals surface area contributed by atoms with Crippen LogP contribution in [0.5, 0.6) is 0 Å². The number of fused-ring (bicyclic) bond motifs is 1. The molecule has 3 nitrogen and oxygen atoms in total. The minimum absolute atomic E-state index is 0.0130. The number of ether oxygens (including phenoxy) is 2. The number of Topliss-reactive ketones (excluding diaryl/α,β-unsaturated/α-hetero) is 1. The molecule has 0 amide bonds. The van der Waals surface area contributed by atoms with E-state index in [2.05, 4.69) is 31.9 Å². The summed E-state index contributed by atoms with van der Waals surface area (Å²) in [5, 5.41) is 0. The molecule has 7 fully saturated rings. The van der Waals surface area contributed by atoms with Crippen LogP contribution in [0.4, 0.5) is 0 Å². The van der Waals surface area contributed by atoms with Crippen LogP contribution in [0.1, 0.15) is 6.42 Å². The standard InChI is InChI=1S/C13H12Br2O3/c14-11-5(16)3-4-6-8(11)10-9(11)7(4)13(12(6,10)15)17-1-2-18-13/h4,6-10H,1-3H2/t4-,6-,7+,8+,9+,10+,11-,12+/m1/s1. The summed E-state index contributed by atoms with van der Waals surface area (Å²) in [4.78, 5) is 12.3. The van der Waals surface area contributed by atoms with E-state index in [1.54, 1.807) is 0 Å². The third kappa shape index (κ3) is 0.587. The van der Waals surface area contributed by atoms with Gasteiger partial charge in [-0.05, 0) is 29.6 Å². The van der Waals surface area contributed by atoms with Crippen molar-refractivity contribution < 1.29 is 14.3 Å². The summed E-state index contributed by atoms with van der Waals surface area (Å²) in [5.74, 6) is 3.09. The minimum Gasteiger partial charge on any atom is -0.346 e. The van der Waals surface area contributed by atoms with Gasteiger partial charge in [-0.15, -0.1) is 0 Å². The molecule has 6 saturated carbocycles. The van der Waals surface area contributed by atoms with Crippen molar-refractivity contribution in [3.05, 3.63) is 0 Å². The molecule has 7 rings (SSSR count). The van der Waals surface area contributed by atoms with Crippen molar-refractivity contribution in [1.82, 2.24) is 0 Å². The lowest BCUT2D eigenvalue weighted by atomic mass is 9.30. The Labute approximate surface area is 121 Å². The zero-order chi connectivity index (χ0) is 12.1. The molecule has 1 saturated heterocycles. The predicted molar refractivity (Wildman–Crippen MR) is 68.5 cm³/mol. The number of alkyl halides is 2. The van der Waals surface area contributed by atoms with Crippen molar-refractivity contribution in [3.63, 3.8) is 0 Å². The molecule has 4 bridgehead atoms. The van der Waals surface area contributed by atoms with Crippen LogP contribution in [0.2, 0.25) is 0 Å². The Balaban J connectivity index is 1.64. The zero-order valence-electron chi connectivity index (χ0n) is 9.57. The molecule has 1 aliphatic heterocycles. The van der Waals surface area contributed by atoms with E-state index in [-0.39, 0.29) is 8.65 Å². The van der Waals surface area contributed by atoms with E-state index in [1.807, 2.05) is 0 Å². The van der Waals surface area contributed by atoms with Crippen molar-refractivity contribution in [2.45, 2.75) is 20.9 Å². The summed E-state index contributed by atoms with van der Waals surface area (Å²) >= 11 is 7.84. The molecule has 8 atom stereocenters. The van der Waals surface area contributed by atoms with Crippen LogP contribution in [0, 0.1) is 35.5 Å². The highest BCUT2D eigenvalue weighted by Crippen LogP contribution is 2.94. The van der Waals surface area contributed by atoms with E-state index in [9.17, 15) is 4.79 Å². The van der Waals surface area contributed by atoms with E-state index in [4.69, 9.17) is 9.47 Å². The highest BCUT2D eigenvalue weighted by Gasteiger charge is 3.01. The van der Waals surface area contributed by atoms with E-state index in [1.165, 1.54) is 0 Å². The molecule has 7 aliphatic rings. The van der Waals surface area contributed by atoms with Crippen LogP contribution < -0.4 is 0 Å². The van der Waals surface area contributed by atoms with Crippen molar-refractivity contribution in [2.75, 3.05) is 13.2 Å². The minimum atomic E-state index is -0.412. The fourth-order valence-corrected chi connectivity index (χ4v) is 9.84. The van der Waals surface area contributed by atoms with Gasteiger partial charge in [-0.3, -0.25) is 4.79 Å². The highest BCUT2D eigenvalue weighted by molar-refractivity contribution is 9.10. The fourth-order valence-electron chi connectivity index (χ4n) is 6.85. The van der Waals surface area contributed by atoms with Crippen LogP contribution in [-0.2, 0) is 14.3 Å². The second-order valence-electron chi connectivity index (χ2n) is 6.82. The van der Waals surface area contributed by atoms with Crippen molar-refractivity contribution in [1.29, 1.82) is 0 Å². The monoisotopic (exact) mass is 374 g/mol. The topological polar surface area (TPSA) is 35.5 Å². The number of carbonyl (C=O) groups is 1. The maximum Gasteiger partial charge on any atom is 0.187 e. The maximum atomic E-state index is 12.3. The molecule has 0 aromatic carbocycles. The van der Waals surface area contributed by atoms with Crippen LogP contribution in [0.3, 0.4) is 0 Å². The molecule has 1 spiro atoms. The Kier molecular flexibility index (Phi) is 1.39. The van der Waals surface area contributed by atoms with E-state index in [0.29, 0.717) is 54.5 Å². The third-order valence-corrected chi connectivity index (χ3v) is 10.1. The first kappa shape index (κ1) is 10.3. The second kappa shape index (κ2) is 2.42. The number of halogens is 2. The molecular weight excluding hydrogens is 364 g/mol. The lowest BCUT2D eigenvalue weighted by Crippen LogP contribution is -2.85. The molecule has 0 aromatic heterocycles. The lowest BCUT2D eigenvalue weighted by Gasteiger charge is -2.78. The normalized spacial score (nSPS) is 71.8. The van der Waals surface area contributed by atoms with Crippen molar-refractivity contribution in [2.24, 2.45) is 35.5 Å². The summed E-state index contributed by atoms with van der Waals surface area (Å²) < 4.78 is 12.0. The van der Waals surface area contributed by atoms with Gasteiger partial charge in [0.2, 0.25) is 0 Å². The van der Waals surface area contributed by atoms with Gasteiger partial charge < -0.3 is 9.47 Å². The van der Waals surface area contributed by atoms with Crippen LogP contribution in [0.25, 0.3) is 0 Å². The fraction of sp³-hybridized carbons (Fsp3) is 0.923. The second-order valence-corrected chi connectivity index (χ2v) is 9.44. The van der Waals surface area contributed by atoms with Gasteiger partial charge in [0, 0.05) is 12.3 Å². The van der Waals surface area contributed by atoms with E-state index < -0.39 is 5.79 Å². The number of hydrogen-bond acceptors (Lipinski definition) is 3. The third-order valence-electron chi connectivity index (χ3n) is 6.95. The molecule has 18 heavy (non-hydrogen) atoms. The number of hydrogen-bond donors (Lipinski definition) is 0. The van der Waals surface area contributed by atoms with Gasteiger partial charge in [0.15, 0.2) is 5.79 Å². The average molecular weight is 376 g/mol. The van der Waals surface area contributed by atoms with Crippen LogP contribution in [-0.4, -0.2) is 33.4 Å². The van der Waals surface area contributed by atoms with Gasteiger partial charge in [0.05, 0.1) is 21.9 Å². The Morgan fingerprint density at radius 3 is 2.39 bits per heavy atom. The Bertz CT molecular complexity index is 530. The number of ketones is 1. The SMILES string of the molecule is O=C1C[C@H]2[C@H]3[C@H]4[C@@H]5[C@H]([C@@H]2[C@@]5(Br)C32OCCO2)[C@]14Br. The van der Waals surface area contributed by atoms with Crippen LogP contribution >= 0.6 is 31.9 Å². The Morgan fingerprint density at radius 2 is 1.67 bits per heavy atom. The van der Waals surface area contributed by atoms with E-state index >= 15 is 0 Å². The molecular formula is C13H12Br2O3. The van der Waals surface area contributed by atoms with Crippen molar-refractivity contribution in [3.8, 4) is 0 Å². The summed E-state index contributed by atoms with van der Waals surface area (Å²) in [6, 6.07) is 0. The molecule has 0 aromatic rings. The lowest BCUT2D eigenvalue weighted by molar-refractivity contribution is -0.225. The molecule has 1 heterocycles. The maximum absolute atomic E-state index is 12.3. The van der Waals surface area contributed by atoms with E-state index in [0.717, 1.165) is 6.42 Å². The first-order valence-corrected chi connectivity index (χ1v) is 8.36. The highest BCUT2D eigenvalue weighted by atomic mass is 79.9. The quantitative estimate of drug-likeness (QED) is 0.605. The first-order chi connectivity index (χ1) is 8.58. The van der Waals surface area contributed by atoms with Gasteiger partial charge in [-0.1, -0.05) is 31.9 Å². The molecule has 0 unspecified atom stereocenters. The molecule has 0 N–H and O–H groups in total. The summed E-state index contributed by atoms with van der Waals surface area (Å²) in [6.07, 6.45) is 0.724. The average Bonchev–Trinajstić information content (AvgIpc) is 2.90. The summed E-state index contributed by atoms with van der Waals surface area (Å²) in [6.45, 7) is 1.41. The van der Waals surface area contributed by atoms with Gasteiger partial charge in [-0.2, -0.15) is 0 Å². The van der Waals surface area contributed by atoms with Gasteiger partial charge in [0.25, 0.3) is 0 Å². The molecule has 96 valence electrons. The molecule has 6 aliphatic carbocycles. The smallest absolute Gasteiger partial charge is 0.187 e. The van der Waals surface area contributed by atoms with Gasteiger partial charge in [0.1, 0.15) is 5.78 Å². The molecule has 5 heteroatoms. The molecule has 0 radical (unpaired) electrons. The Hall–Kier alpha value is 0.550. The zero-order valence-corrected chi connectivity index (χ0v) is 12.7. The van der Waals surface area contributed by atoms with Gasteiger partial charge in [-0.25, -0.2) is 0 Å². The first-order valence-electron chi connectivity index (χ1n) is 6.77. The van der Waals surface area contributed by atoms with Crippen molar-refractivity contribution >= 4 is 37.6 Å². The van der Waals surface area contributed by atoms with Crippen LogP contribution in [0.15, 0.2) is 0 Å². The number of carbonyl (C=O) groups excluding carboxylic acids is 1. The summed E-state index contributed by atoms with van der Waals surface area (Å²) in [7, 11) is 0. The van der Waals surface area contributed by atoms with Gasteiger partial charge >= 0.3 is 0 Å². The number of rotatable bonds is 0. The largest absolute Gasteiger partial charge is 0.346 e. The summed E-state index contributed by atoms with van der Waals surface area (Å²) in [5.41, 5.74) is 0. The predicted octanol–water partition coefficient (Wildman–Crippen LogP) is 1.72. The Morgan fingerprint density at radius 1 is 1.00 bits per heavy atom.